The van der Waals surface area contributed by atoms with Crippen LogP contribution < -0.4 is 19.5 Å². The number of carbonyl (C=O) groups excluding carboxylic acids is 1. The van der Waals surface area contributed by atoms with E-state index < -0.39 is 10.0 Å². The van der Waals surface area contributed by atoms with E-state index in [9.17, 15) is 13.2 Å². The van der Waals surface area contributed by atoms with E-state index in [1.807, 2.05) is 30.3 Å². The lowest BCUT2D eigenvalue weighted by atomic mass is 10.1. The van der Waals surface area contributed by atoms with Gasteiger partial charge in [0, 0.05) is 5.69 Å². The van der Waals surface area contributed by atoms with Crippen LogP contribution in [0.25, 0.3) is 0 Å². The van der Waals surface area contributed by atoms with Crippen LogP contribution in [-0.4, -0.2) is 38.5 Å². The first-order valence-corrected chi connectivity index (χ1v) is 10.3. The standard InChI is InChI=1S/C20H20N4O5S/c1-28-18-19(21-13-22-20(18)29-2)24-30(26,27)16-10-8-15(9-11-16)23-17(25)12-14-6-4-3-5-7-14/h3-11,13H,12H2,1-2H3,(H,23,25)(H,21,22,24). The number of hydrogen-bond donors (Lipinski definition) is 2. The Morgan fingerprint density at radius 1 is 0.967 bits per heavy atom. The zero-order valence-electron chi connectivity index (χ0n) is 16.3. The number of aromatic nitrogens is 2. The number of nitrogens with one attached hydrogen (secondary N) is 2. The van der Waals surface area contributed by atoms with Gasteiger partial charge < -0.3 is 14.8 Å². The van der Waals surface area contributed by atoms with Gasteiger partial charge in [-0.05, 0) is 29.8 Å². The predicted octanol–water partition coefficient (Wildman–Crippen LogP) is 2.48. The van der Waals surface area contributed by atoms with Crippen LogP contribution in [0.1, 0.15) is 5.56 Å². The van der Waals surface area contributed by atoms with Crippen LogP contribution in [0.15, 0.2) is 65.8 Å². The van der Waals surface area contributed by atoms with Crippen molar-refractivity contribution in [2.75, 3.05) is 24.3 Å². The van der Waals surface area contributed by atoms with Crippen LogP contribution in [0.2, 0.25) is 0 Å². The Morgan fingerprint density at radius 3 is 2.30 bits per heavy atom. The number of ether oxygens (including phenoxy) is 2. The molecule has 3 rings (SSSR count). The SMILES string of the molecule is COc1ncnc(NS(=O)(=O)c2ccc(NC(=O)Cc3ccccc3)cc2)c1OC. The van der Waals surface area contributed by atoms with Gasteiger partial charge in [0.05, 0.1) is 25.5 Å². The largest absolute Gasteiger partial charge is 0.489 e. The Morgan fingerprint density at radius 2 is 1.67 bits per heavy atom. The summed E-state index contributed by atoms with van der Waals surface area (Å²) in [6.07, 6.45) is 1.38. The molecule has 2 N–H and O–H groups in total. The van der Waals surface area contributed by atoms with Gasteiger partial charge in [-0.3, -0.25) is 9.52 Å². The van der Waals surface area contributed by atoms with Crippen molar-refractivity contribution in [2.45, 2.75) is 11.3 Å². The number of sulfonamides is 1. The molecule has 0 fully saturated rings. The second-order valence-corrected chi connectivity index (χ2v) is 7.79. The van der Waals surface area contributed by atoms with E-state index in [4.69, 9.17) is 9.47 Å². The fourth-order valence-electron chi connectivity index (χ4n) is 2.65. The zero-order chi connectivity index (χ0) is 21.6. The van der Waals surface area contributed by atoms with Crippen molar-refractivity contribution in [1.29, 1.82) is 0 Å². The van der Waals surface area contributed by atoms with Gasteiger partial charge >= 0.3 is 0 Å². The lowest BCUT2D eigenvalue weighted by Gasteiger charge is -2.13. The van der Waals surface area contributed by atoms with Gasteiger partial charge in [0.2, 0.25) is 11.7 Å². The molecule has 156 valence electrons. The van der Waals surface area contributed by atoms with Gasteiger partial charge in [0.15, 0.2) is 5.82 Å². The van der Waals surface area contributed by atoms with E-state index in [0.29, 0.717) is 5.69 Å². The van der Waals surface area contributed by atoms with Gasteiger partial charge in [-0.1, -0.05) is 30.3 Å². The summed E-state index contributed by atoms with van der Waals surface area (Å²) in [5, 5.41) is 2.74. The maximum atomic E-state index is 12.7. The fourth-order valence-corrected chi connectivity index (χ4v) is 3.66. The lowest BCUT2D eigenvalue weighted by molar-refractivity contribution is -0.115. The lowest BCUT2D eigenvalue weighted by Crippen LogP contribution is -2.16. The molecule has 0 aliphatic heterocycles. The second-order valence-electron chi connectivity index (χ2n) is 6.11. The minimum Gasteiger partial charge on any atom is -0.489 e. The van der Waals surface area contributed by atoms with Crippen LogP contribution in [0.3, 0.4) is 0 Å². The summed E-state index contributed by atoms with van der Waals surface area (Å²) in [7, 11) is -1.22. The Balaban J connectivity index is 1.71. The summed E-state index contributed by atoms with van der Waals surface area (Å²) in [6.45, 7) is 0. The smallest absolute Gasteiger partial charge is 0.263 e. The molecule has 0 atom stereocenters. The van der Waals surface area contributed by atoms with Crippen molar-refractivity contribution in [3.05, 3.63) is 66.5 Å². The monoisotopic (exact) mass is 428 g/mol. The molecule has 2 aromatic carbocycles. The third-order valence-corrected chi connectivity index (χ3v) is 5.41. The van der Waals surface area contributed by atoms with Gasteiger partial charge in [-0.15, -0.1) is 0 Å². The number of rotatable bonds is 8. The molecule has 0 spiro atoms. The van der Waals surface area contributed by atoms with Crippen molar-refractivity contribution in [3.8, 4) is 11.6 Å². The molecular formula is C20H20N4O5S. The number of hydrogen-bond acceptors (Lipinski definition) is 7. The Hall–Kier alpha value is -3.66. The molecule has 0 aliphatic carbocycles. The highest BCUT2D eigenvalue weighted by molar-refractivity contribution is 7.92. The van der Waals surface area contributed by atoms with E-state index in [1.54, 1.807) is 0 Å². The molecule has 1 aromatic heterocycles. The van der Waals surface area contributed by atoms with Gasteiger partial charge in [0.1, 0.15) is 6.33 Å². The molecule has 3 aromatic rings. The first kappa shape index (κ1) is 21.1. The molecule has 0 saturated carbocycles. The first-order chi connectivity index (χ1) is 14.4. The van der Waals surface area contributed by atoms with Crippen molar-refractivity contribution in [2.24, 2.45) is 0 Å². The number of carbonyl (C=O) groups is 1. The summed E-state index contributed by atoms with van der Waals surface area (Å²) in [6, 6.07) is 15.1. The highest BCUT2D eigenvalue weighted by Gasteiger charge is 2.20. The summed E-state index contributed by atoms with van der Waals surface area (Å²) < 4.78 is 37.9. The fraction of sp³-hybridized carbons (Fsp3) is 0.150. The molecule has 0 aliphatic rings. The Labute approximate surface area is 174 Å². The molecule has 1 heterocycles. The maximum Gasteiger partial charge on any atom is 0.263 e. The molecule has 30 heavy (non-hydrogen) atoms. The van der Waals surface area contributed by atoms with Crippen molar-refractivity contribution in [3.63, 3.8) is 0 Å². The molecule has 0 bridgehead atoms. The molecule has 0 saturated heterocycles. The summed E-state index contributed by atoms with van der Waals surface area (Å²) in [4.78, 5) is 19.9. The van der Waals surface area contributed by atoms with Crippen LogP contribution in [0.4, 0.5) is 11.5 Å². The molecule has 1 amide bonds. The predicted molar refractivity (Wildman–Crippen MR) is 111 cm³/mol. The topological polar surface area (TPSA) is 120 Å². The molecule has 0 radical (unpaired) electrons. The molecular weight excluding hydrogens is 408 g/mol. The average molecular weight is 428 g/mol. The second kappa shape index (κ2) is 9.23. The van der Waals surface area contributed by atoms with E-state index in [2.05, 4.69) is 20.0 Å². The molecule has 9 nitrogen and oxygen atoms in total. The van der Waals surface area contributed by atoms with Gasteiger partial charge in [0.25, 0.3) is 15.9 Å². The van der Waals surface area contributed by atoms with E-state index in [1.165, 1.54) is 38.5 Å². The maximum absolute atomic E-state index is 12.7. The normalized spacial score (nSPS) is 10.9. The third kappa shape index (κ3) is 5.03. The van der Waals surface area contributed by atoms with E-state index >= 15 is 0 Å². The minimum absolute atomic E-state index is 0.0109. The number of amides is 1. The summed E-state index contributed by atoms with van der Waals surface area (Å²) >= 11 is 0. The van der Waals surface area contributed by atoms with Crippen molar-refractivity contribution >= 4 is 27.4 Å². The molecule has 0 unspecified atom stereocenters. The highest BCUT2D eigenvalue weighted by atomic mass is 32.2. The highest BCUT2D eigenvalue weighted by Crippen LogP contribution is 2.32. The Bertz CT molecular complexity index is 1120. The number of nitrogens with zero attached hydrogens (tertiary/aromatic N) is 2. The van der Waals surface area contributed by atoms with E-state index in [0.717, 1.165) is 11.9 Å². The van der Waals surface area contributed by atoms with Crippen molar-refractivity contribution in [1.82, 2.24) is 9.97 Å². The molecule has 10 heteroatoms. The van der Waals surface area contributed by atoms with Crippen molar-refractivity contribution < 1.29 is 22.7 Å². The Kier molecular flexibility index (Phi) is 6.48. The van der Waals surface area contributed by atoms with Crippen LogP contribution >= 0.6 is 0 Å². The van der Waals surface area contributed by atoms with Gasteiger partial charge in [-0.25, -0.2) is 13.4 Å². The van der Waals surface area contributed by atoms with Crippen LogP contribution in [-0.2, 0) is 21.2 Å². The number of methoxy groups -OCH3 is 2. The quantitative estimate of drug-likeness (QED) is 0.566. The first-order valence-electron chi connectivity index (χ1n) is 8.82. The summed E-state index contributed by atoms with van der Waals surface area (Å²) in [5.74, 6) is -0.0904. The minimum atomic E-state index is -3.95. The zero-order valence-corrected chi connectivity index (χ0v) is 17.1. The van der Waals surface area contributed by atoms with Crippen LogP contribution in [0, 0.1) is 0 Å². The average Bonchev–Trinajstić information content (AvgIpc) is 2.74. The third-order valence-electron chi connectivity index (χ3n) is 4.06. The van der Waals surface area contributed by atoms with Crippen LogP contribution in [0.5, 0.6) is 11.6 Å². The van der Waals surface area contributed by atoms with Gasteiger partial charge in [-0.2, -0.15) is 4.98 Å². The number of anilines is 2. The van der Waals surface area contributed by atoms with E-state index in [-0.39, 0.29) is 34.7 Å². The summed E-state index contributed by atoms with van der Waals surface area (Å²) in [5.41, 5.74) is 1.36. The number of benzene rings is 2.